The van der Waals surface area contributed by atoms with Gasteiger partial charge in [0.1, 0.15) is 10.7 Å². The number of hydrogen-bond acceptors (Lipinski definition) is 5. The molecule has 0 saturated heterocycles. The number of hydrazone groups is 1. The summed E-state index contributed by atoms with van der Waals surface area (Å²) in [5.41, 5.74) is 10.2. The van der Waals surface area contributed by atoms with Crippen LogP contribution >= 0.6 is 35.2 Å². The van der Waals surface area contributed by atoms with E-state index in [0.29, 0.717) is 19.7 Å². The molecule has 0 aliphatic carbocycles. The zero-order chi connectivity index (χ0) is 17.8. The van der Waals surface area contributed by atoms with Crippen LogP contribution in [0.1, 0.15) is 15.2 Å². The second-order valence-corrected chi connectivity index (χ2v) is 7.08. The molecule has 25 heavy (non-hydrogen) atoms. The van der Waals surface area contributed by atoms with Gasteiger partial charge in [-0.2, -0.15) is 5.10 Å². The van der Waals surface area contributed by atoms with Crippen LogP contribution in [0.25, 0.3) is 5.69 Å². The van der Waals surface area contributed by atoms with Gasteiger partial charge in [0.25, 0.3) is 5.91 Å². The molecule has 1 aromatic heterocycles. The number of nitrogen functional groups attached to an aromatic ring is 1. The van der Waals surface area contributed by atoms with Gasteiger partial charge in [0.2, 0.25) is 0 Å². The van der Waals surface area contributed by atoms with Crippen molar-refractivity contribution in [2.75, 3.05) is 5.73 Å². The Labute approximate surface area is 158 Å². The van der Waals surface area contributed by atoms with Crippen LogP contribution in [0.3, 0.4) is 0 Å². The maximum atomic E-state index is 12.3. The first kappa shape index (κ1) is 17.3. The Hall–Kier alpha value is -2.48. The molecule has 8 heteroatoms. The number of hydrogen-bond donors (Lipinski definition) is 2. The second-order valence-electron chi connectivity index (χ2n) is 5.00. The van der Waals surface area contributed by atoms with E-state index in [4.69, 9.17) is 29.6 Å². The normalized spacial score (nSPS) is 10.9. The molecule has 0 saturated carbocycles. The SMILES string of the molecule is Nc1c(C(=O)N/N=C/c2ccc(Cl)cc2)sc(=S)n1-c1ccccc1. The number of aromatic nitrogens is 1. The summed E-state index contributed by atoms with van der Waals surface area (Å²) in [6.07, 6.45) is 1.53. The van der Waals surface area contributed by atoms with E-state index < -0.39 is 5.91 Å². The van der Waals surface area contributed by atoms with E-state index in [1.165, 1.54) is 6.21 Å². The van der Waals surface area contributed by atoms with Gasteiger partial charge in [0, 0.05) is 10.7 Å². The Balaban J connectivity index is 1.79. The van der Waals surface area contributed by atoms with Crippen molar-refractivity contribution in [1.29, 1.82) is 0 Å². The molecule has 0 fully saturated rings. The molecule has 0 aliphatic heterocycles. The van der Waals surface area contributed by atoms with Gasteiger partial charge in [-0.3, -0.25) is 9.36 Å². The molecule has 5 nitrogen and oxygen atoms in total. The Morgan fingerprint density at radius 3 is 2.56 bits per heavy atom. The quantitative estimate of drug-likeness (QED) is 0.398. The van der Waals surface area contributed by atoms with Gasteiger partial charge in [-0.05, 0) is 42.0 Å². The maximum absolute atomic E-state index is 12.3. The fourth-order valence-electron chi connectivity index (χ4n) is 2.13. The summed E-state index contributed by atoms with van der Waals surface area (Å²) >= 11 is 12.3. The summed E-state index contributed by atoms with van der Waals surface area (Å²) in [5, 5.41) is 4.58. The van der Waals surface area contributed by atoms with Gasteiger partial charge >= 0.3 is 0 Å². The summed E-state index contributed by atoms with van der Waals surface area (Å²) in [6, 6.07) is 16.5. The molecule has 1 heterocycles. The lowest BCUT2D eigenvalue weighted by Gasteiger charge is -2.05. The number of halogens is 1. The number of rotatable bonds is 4. The highest BCUT2D eigenvalue weighted by Gasteiger charge is 2.17. The van der Waals surface area contributed by atoms with Crippen molar-refractivity contribution < 1.29 is 4.79 Å². The molecule has 3 N–H and O–H groups in total. The van der Waals surface area contributed by atoms with Crippen LogP contribution in [0.2, 0.25) is 5.02 Å². The molecule has 0 spiro atoms. The van der Waals surface area contributed by atoms with Crippen LogP contribution in [0.5, 0.6) is 0 Å². The molecule has 126 valence electrons. The van der Waals surface area contributed by atoms with Gasteiger partial charge in [0.05, 0.1) is 6.21 Å². The third kappa shape index (κ3) is 3.96. The summed E-state index contributed by atoms with van der Waals surface area (Å²) in [4.78, 5) is 12.7. The number of nitrogens with one attached hydrogen (secondary N) is 1. The first-order valence-electron chi connectivity index (χ1n) is 7.22. The number of anilines is 1. The minimum absolute atomic E-state index is 0.292. The minimum atomic E-state index is -0.409. The largest absolute Gasteiger partial charge is 0.383 e. The van der Waals surface area contributed by atoms with Crippen molar-refractivity contribution in [2.45, 2.75) is 0 Å². The zero-order valence-electron chi connectivity index (χ0n) is 12.8. The molecule has 3 rings (SSSR count). The van der Waals surface area contributed by atoms with Crippen molar-refractivity contribution in [1.82, 2.24) is 9.99 Å². The fraction of sp³-hybridized carbons (Fsp3) is 0. The number of amides is 1. The predicted molar refractivity (Wildman–Crippen MR) is 105 cm³/mol. The first-order valence-corrected chi connectivity index (χ1v) is 8.82. The zero-order valence-corrected chi connectivity index (χ0v) is 15.2. The van der Waals surface area contributed by atoms with Gasteiger partial charge in [-0.1, -0.05) is 53.3 Å². The number of carbonyl (C=O) groups is 1. The van der Waals surface area contributed by atoms with E-state index >= 15 is 0 Å². The number of carbonyl (C=O) groups excluding carboxylic acids is 1. The lowest BCUT2D eigenvalue weighted by molar-refractivity contribution is 0.0959. The Bertz CT molecular complexity index is 978. The number of benzene rings is 2. The highest BCUT2D eigenvalue weighted by molar-refractivity contribution is 7.73. The number of nitrogens with zero attached hydrogens (tertiary/aromatic N) is 2. The van der Waals surface area contributed by atoms with Crippen LogP contribution in [-0.2, 0) is 0 Å². The Kier molecular flexibility index (Phi) is 5.28. The number of nitrogens with two attached hydrogens (primary N) is 1. The van der Waals surface area contributed by atoms with Crippen molar-refractivity contribution in [3.63, 3.8) is 0 Å². The first-order chi connectivity index (χ1) is 12.1. The average Bonchev–Trinajstić information content (AvgIpc) is 2.92. The lowest BCUT2D eigenvalue weighted by Crippen LogP contribution is -2.18. The molecular weight excluding hydrogens is 376 g/mol. The van der Waals surface area contributed by atoms with E-state index in [1.807, 2.05) is 30.3 Å². The predicted octanol–water partition coefficient (Wildman–Crippen LogP) is 4.27. The molecule has 2 aromatic carbocycles. The topological polar surface area (TPSA) is 72.4 Å². The second kappa shape index (κ2) is 7.60. The summed E-state index contributed by atoms with van der Waals surface area (Å²) in [7, 11) is 0. The molecule has 0 radical (unpaired) electrons. The maximum Gasteiger partial charge on any atom is 0.285 e. The molecule has 1 amide bonds. The van der Waals surface area contributed by atoms with Crippen molar-refractivity contribution in [3.05, 3.63) is 74.0 Å². The van der Waals surface area contributed by atoms with Crippen LogP contribution in [0.15, 0.2) is 59.7 Å². The van der Waals surface area contributed by atoms with E-state index in [1.54, 1.807) is 28.8 Å². The highest BCUT2D eigenvalue weighted by Crippen LogP contribution is 2.25. The number of thiazole rings is 1. The summed E-state index contributed by atoms with van der Waals surface area (Å²) in [5.74, 6) is -0.117. The van der Waals surface area contributed by atoms with Crippen LogP contribution in [0, 0.1) is 3.95 Å². The van der Waals surface area contributed by atoms with Crippen molar-refractivity contribution in [2.24, 2.45) is 5.10 Å². The van der Waals surface area contributed by atoms with E-state index in [-0.39, 0.29) is 0 Å². The van der Waals surface area contributed by atoms with E-state index in [2.05, 4.69) is 10.5 Å². The van der Waals surface area contributed by atoms with E-state index in [9.17, 15) is 4.79 Å². The standard InChI is InChI=1S/C17H13ClN4OS2/c18-12-8-6-11(7-9-12)10-20-21-16(23)14-15(19)22(17(24)25-14)13-4-2-1-3-5-13/h1-10H,19H2,(H,21,23)/b20-10+. The van der Waals surface area contributed by atoms with E-state index in [0.717, 1.165) is 22.6 Å². The molecule has 0 atom stereocenters. The van der Waals surface area contributed by atoms with Gasteiger partial charge in [-0.15, -0.1) is 0 Å². The molecule has 0 bridgehead atoms. The fourth-order valence-corrected chi connectivity index (χ4v) is 3.52. The van der Waals surface area contributed by atoms with Gasteiger partial charge < -0.3 is 5.73 Å². The van der Waals surface area contributed by atoms with Crippen LogP contribution in [0.4, 0.5) is 5.82 Å². The highest BCUT2D eigenvalue weighted by atomic mass is 35.5. The third-order valence-corrected chi connectivity index (χ3v) is 4.96. The summed E-state index contributed by atoms with van der Waals surface area (Å²) < 4.78 is 2.16. The van der Waals surface area contributed by atoms with Gasteiger partial charge in [-0.25, -0.2) is 5.43 Å². The minimum Gasteiger partial charge on any atom is -0.383 e. The Morgan fingerprint density at radius 1 is 1.20 bits per heavy atom. The smallest absolute Gasteiger partial charge is 0.285 e. The monoisotopic (exact) mass is 388 g/mol. The third-order valence-electron chi connectivity index (χ3n) is 3.32. The molecular formula is C17H13ClN4OS2. The average molecular weight is 389 g/mol. The lowest BCUT2D eigenvalue weighted by atomic mass is 10.2. The molecule has 3 aromatic rings. The van der Waals surface area contributed by atoms with Crippen molar-refractivity contribution in [3.8, 4) is 5.69 Å². The molecule has 0 unspecified atom stereocenters. The van der Waals surface area contributed by atoms with Crippen LogP contribution < -0.4 is 11.2 Å². The summed E-state index contributed by atoms with van der Waals surface area (Å²) in [6.45, 7) is 0. The van der Waals surface area contributed by atoms with Gasteiger partial charge in [0.15, 0.2) is 3.95 Å². The van der Waals surface area contributed by atoms with Crippen molar-refractivity contribution >= 4 is 53.1 Å². The Morgan fingerprint density at radius 2 is 1.88 bits per heavy atom. The molecule has 0 aliphatic rings. The van der Waals surface area contributed by atoms with Crippen LogP contribution in [-0.4, -0.2) is 16.7 Å². The number of para-hydroxylation sites is 1.